The van der Waals surface area contributed by atoms with Crippen molar-refractivity contribution < 1.29 is 4.79 Å². The third-order valence-electron chi connectivity index (χ3n) is 3.03. The van der Waals surface area contributed by atoms with Gasteiger partial charge in [0.1, 0.15) is 0 Å². The lowest BCUT2D eigenvalue weighted by atomic mass is 9.94. The van der Waals surface area contributed by atoms with E-state index in [0.29, 0.717) is 24.9 Å². The van der Waals surface area contributed by atoms with Gasteiger partial charge in [0, 0.05) is 19.0 Å². The average molecular weight is 198 g/mol. The van der Waals surface area contributed by atoms with Gasteiger partial charge in [-0.25, -0.2) is 0 Å². The summed E-state index contributed by atoms with van der Waals surface area (Å²) in [4.78, 5) is 13.8. The topological polar surface area (TPSA) is 46.3 Å². The van der Waals surface area contributed by atoms with E-state index in [-0.39, 0.29) is 5.91 Å². The van der Waals surface area contributed by atoms with Crippen LogP contribution in [0.3, 0.4) is 0 Å². The molecule has 0 aromatic rings. The Morgan fingerprint density at radius 3 is 2.79 bits per heavy atom. The van der Waals surface area contributed by atoms with Gasteiger partial charge in [-0.1, -0.05) is 6.92 Å². The van der Waals surface area contributed by atoms with E-state index in [1.807, 2.05) is 4.90 Å². The maximum absolute atomic E-state index is 11.8. The van der Waals surface area contributed by atoms with Crippen LogP contribution in [0.25, 0.3) is 0 Å². The minimum absolute atomic E-state index is 0.287. The molecule has 0 radical (unpaired) electrons. The lowest BCUT2D eigenvalue weighted by molar-refractivity contribution is -0.135. The molecule has 82 valence electrons. The zero-order valence-corrected chi connectivity index (χ0v) is 9.33. The molecule has 1 saturated heterocycles. The lowest BCUT2D eigenvalue weighted by Crippen LogP contribution is -2.44. The molecular weight excluding hydrogens is 176 g/mol. The molecule has 14 heavy (non-hydrogen) atoms. The number of amides is 1. The van der Waals surface area contributed by atoms with Crippen molar-refractivity contribution in [2.45, 2.75) is 45.6 Å². The van der Waals surface area contributed by atoms with Crippen LogP contribution in [0.1, 0.15) is 39.5 Å². The molecule has 1 heterocycles. The molecule has 0 bridgehead atoms. The van der Waals surface area contributed by atoms with E-state index in [1.165, 1.54) is 6.42 Å². The fourth-order valence-electron chi connectivity index (χ4n) is 2.03. The monoisotopic (exact) mass is 198 g/mol. The molecule has 0 aromatic heterocycles. The van der Waals surface area contributed by atoms with E-state index in [4.69, 9.17) is 5.73 Å². The molecule has 1 rings (SSSR count). The predicted molar refractivity (Wildman–Crippen MR) is 57.9 cm³/mol. The highest BCUT2D eigenvalue weighted by Gasteiger charge is 2.25. The van der Waals surface area contributed by atoms with Crippen LogP contribution in [0, 0.1) is 5.92 Å². The number of hydrogen-bond donors (Lipinski definition) is 1. The van der Waals surface area contributed by atoms with Crippen molar-refractivity contribution >= 4 is 5.91 Å². The third-order valence-corrected chi connectivity index (χ3v) is 3.03. The molecule has 0 aromatic carbocycles. The average Bonchev–Trinajstić information content (AvgIpc) is 2.18. The highest BCUT2D eigenvalue weighted by Crippen LogP contribution is 2.21. The Kier molecular flexibility index (Phi) is 4.39. The maximum atomic E-state index is 11.8. The molecule has 2 N–H and O–H groups in total. The van der Waals surface area contributed by atoms with E-state index in [9.17, 15) is 4.79 Å². The quantitative estimate of drug-likeness (QED) is 0.744. The first kappa shape index (κ1) is 11.5. The van der Waals surface area contributed by atoms with Crippen molar-refractivity contribution in [2.75, 3.05) is 13.1 Å². The Labute approximate surface area is 86.6 Å². The van der Waals surface area contributed by atoms with Crippen molar-refractivity contribution in [3.05, 3.63) is 0 Å². The molecular formula is C11H22N2O. The Morgan fingerprint density at radius 1 is 1.43 bits per heavy atom. The minimum Gasteiger partial charge on any atom is -0.340 e. The number of carbonyl (C=O) groups is 1. The molecule has 1 fully saturated rings. The van der Waals surface area contributed by atoms with Gasteiger partial charge in [-0.15, -0.1) is 0 Å². The fraction of sp³-hybridized carbons (Fsp3) is 0.909. The molecule has 1 aliphatic rings. The van der Waals surface area contributed by atoms with Crippen molar-refractivity contribution in [1.29, 1.82) is 0 Å². The van der Waals surface area contributed by atoms with Crippen LogP contribution in [-0.4, -0.2) is 29.9 Å². The van der Waals surface area contributed by atoms with Crippen LogP contribution in [0.2, 0.25) is 0 Å². The van der Waals surface area contributed by atoms with Gasteiger partial charge in [-0.3, -0.25) is 4.79 Å². The van der Waals surface area contributed by atoms with Gasteiger partial charge in [0.05, 0.1) is 0 Å². The lowest BCUT2D eigenvalue weighted by Gasteiger charge is -2.37. The SMILES string of the molecule is CC1CCC(C)N(C(=O)CCCN)C1. The number of nitrogens with two attached hydrogens (primary N) is 1. The zero-order chi connectivity index (χ0) is 10.6. The molecule has 0 saturated carbocycles. The molecule has 3 nitrogen and oxygen atoms in total. The number of nitrogens with zero attached hydrogens (tertiary/aromatic N) is 1. The Balaban J connectivity index is 2.43. The van der Waals surface area contributed by atoms with Gasteiger partial charge in [0.25, 0.3) is 0 Å². The van der Waals surface area contributed by atoms with Crippen molar-refractivity contribution in [3.8, 4) is 0 Å². The molecule has 2 unspecified atom stereocenters. The van der Waals surface area contributed by atoms with Crippen LogP contribution in [0.15, 0.2) is 0 Å². The van der Waals surface area contributed by atoms with Crippen LogP contribution >= 0.6 is 0 Å². The summed E-state index contributed by atoms with van der Waals surface area (Å²) in [5.74, 6) is 0.947. The summed E-state index contributed by atoms with van der Waals surface area (Å²) in [6.45, 7) is 5.91. The molecule has 0 aliphatic carbocycles. The highest BCUT2D eigenvalue weighted by molar-refractivity contribution is 5.76. The minimum atomic E-state index is 0.287. The van der Waals surface area contributed by atoms with Crippen LogP contribution < -0.4 is 5.73 Å². The molecule has 2 atom stereocenters. The van der Waals surface area contributed by atoms with E-state index in [2.05, 4.69) is 13.8 Å². The first-order valence-electron chi connectivity index (χ1n) is 5.64. The standard InChI is InChI=1S/C11H22N2O/c1-9-5-6-10(2)13(8-9)11(14)4-3-7-12/h9-10H,3-8,12H2,1-2H3. The van der Waals surface area contributed by atoms with Crippen molar-refractivity contribution in [3.63, 3.8) is 0 Å². The summed E-state index contributed by atoms with van der Waals surface area (Å²) < 4.78 is 0. The smallest absolute Gasteiger partial charge is 0.222 e. The van der Waals surface area contributed by atoms with Crippen LogP contribution in [0.4, 0.5) is 0 Å². The number of rotatable bonds is 3. The summed E-state index contributed by atoms with van der Waals surface area (Å²) in [5.41, 5.74) is 5.40. The van der Waals surface area contributed by atoms with Crippen molar-refractivity contribution in [2.24, 2.45) is 11.7 Å². The van der Waals surface area contributed by atoms with Gasteiger partial charge in [-0.2, -0.15) is 0 Å². The predicted octanol–water partition coefficient (Wildman–Crippen LogP) is 1.37. The van der Waals surface area contributed by atoms with Gasteiger partial charge >= 0.3 is 0 Å². The molecule has 1 aliphatic heterocycles. The van der Waals surface area contributed by atoms with Gasteiger partial charge < -0.3 is 10.6 Å². The third kappa shape index (κ3) is 2.98. The summed E-state index contributed by atoms with van der Waals surface area (Å²) in [7, 11) is 0. The second-order valence-electron chi connectivity index (χ2n) is 4.47. The van der Waals surface area contributed by atoms with E-state index >= 15 is 0 Å². The second kappa shape index (κ2) is 5.35. The van der Waals surface area contributed by atoms with Crippen molar-refractivity contribution in [1.82, 2.24) is 4.90 Å². The second-order valence-corrected chi connectivity index (χ2v) is 4.47. The van der Waals surface area contributed by atoms with Gasteiger partial charge in [-0.05, 0) is 38.6 Å². The Morgan fingerprint density at radius 2 is 2.14 bits per heavy atom. The normalized spacial score (nSPS) is 27.8. The summed E-state index contributed by atoms with van der Waals surface area (Å²) in [6.07, 6.45) is 3.83. The summed E-state index contributed by atoms with van der Waals surface area (Å²) in [5, 5.41) is 0. The Bertz CT molecular complexity index is 194. The maximum Gasteiger partial charge on any atom is 0.222 e. The number of likely N-dealkylation sites (tertiary alicyclic amines) is 1. The number of hydrogen-bond acceptors (Lipinski definition) is 2. The van der Waals surface area contributed by atoms with Gasteiger partial charge in [0.2, 0.25) is 5.91 Å². The largest absolute Gasteiger partial charge is 0.340 e. The molecule has 3 heteroatoms. The first-order valence-corrected chi connectivity index (χ1v) is 5.64. The van der Waals surface area contributed by atoms with E-state index in [0.717, 1.165) is 19.4 Å². The number of carbonyl (C=O) groups excluding carboxylic acids is 1. The van der Waals surface area contributed by atoms with Gasteiger partial charge in [0.15, 0.2) is 0 Å². The molecule has 1 amide bonds. The van der Waals surface area contributed by atoms with Crippen LogP contribution in [0.5, 0.6) is 0 Å². The number of piperidine rings is 1. The highest BCUT2D eigenvalue weighted by atomic mass is 16.2. The molecule has 0 spiro atoms. The fourth-order valence-corrected chi connectivity index (χ4v) is 2.03. The van der Waals surface area contributed by atoms with E-state index in [1.54, 1.807) is 0 Å². The first-order chi connectivity index (χ1) is 6.65. The zero-order valence-electron chi connectivity index (χ0n) is 9.33. The summed E-state index contributed by atoms with van der Waals surface area (Å²) in [6, 6.07) is 0.427. The summed E-state index contributed by atoms with van der Waals surface area (Å²) >= 11 is 0. The van der Waals surface area contributed by atoms with E-state index < -0.39 is 0 Å². The van der Waals surface area contributed by atoms with Crippen LogP contribution in [-0.2, 0) is 4.79 Å². The Hall–Kier alpha value is -0.570.